The standard InChI is InChI=1S/C11H11BrN2O/c1-14-11(15)6-9(7-13)8-2-4-10(12)5-3-8/h2-5,9H,6H2,1H3,(H,14,15). The van der Waals surface area contributed by atoms with Gasteiger partial charge in [0.15, 0.2) is 0 Å². The van der Waals surface area contributed by atoms with E-state index in [4.69, 9.17) is 5.26 Å². The number of nitriles is 1. The van der Waals surface area contributed by atoms with Gasteiger partial charge < -0.3 is 5.32 Å². The normalized spacial score (nSPS) is 11.5. The van der Waals surface area contributed by atoms with Gasteiger partial charge in [0.25, 0.3) is 0 Å². The van der Waals surface area contributed by atoms with E-state index in [2.05, 4.69) is 27.3 Å². The van der Waals surface area contributed by atoms with Gasteiger partial charge in [0.2, 0.25) is 5.91 Å². The molecule has 1 aromatic rings. The van der Waals surface area contributed by atoms with Crippen molar-refractivity contribution in [1.82, 2.24) is 5.32 Å². The molecule has 1 rings (SSSR count). The molecule has 0 saturated heterocycles. The fourth-order valence-corrected chi connectivity index (χ4v) is 1.48. The van der Waals surface area contributed by atoms with Crippen LogP contribution in [0.25, 0.3) is 0 Å². The molecule has 1 aromatic carbocycles. The Hall–Kier alpha value is -1.34. The summed E-state index contributed by atoms with van der Waals surface area (Å²) in [7, 11) is 1.57. The molecular weight excluding hydrogens is 256 g/mol. The Balaban J connectivity index is 2.80. The Morgan fingerprint density at radius 2 is 2.13 bits per heavy atom. The molecule has 1 amide bonds. The van der Waals surface area contributed by atoms with Crippen LogP contribution < -0.4 is 5.32 Å². The fraction of sp³-hybridized carbons (Fsp3) is 0.273. The summed E-state index contributed by atoms with van der Waals surface area (Å²) in [6.07, 6.45) is 0.203. The average Bonchev–Trinajstić information content (AvgIpc) is 2.27. The zero-order chi connectivity index (χ0) is 11.3. The first-order valence-electron chi connectivity index (χ1n) is 4.53. The molecule has 0 saturated carbocycles. The van der Waals surface area contributed by atoms with Gasteiger partial charge in [-0.2, -0.15) is 5.26 Å². The van der Waals surface area contributed by atoms with E-state index in [1.165, 1.54) is 0 Å². The van der Waals surface area contributed by atoms with Crippen molar-refractivity contribution in [3.8, 4) is 6.07 Å². The summed E-state index contributed by atoms with van der Waals surface area (Å²) in [4.78, 5) is 11.1. The van der Waals surface area contributed by atoms with Crippen LogP contribution in [0.2, 0.25) is 0 Å². The summed E-state index contributed by atoms with van der Waals surface area (Å²) in [5.74, 6) is -0.498. The molecule has 1 atom stereocenters. The highest BCUT2D eigenvalue weighted by Crippen LogP contribution is 2.20. The predicted molar refractivity (Wildman–Crippen MR) is 61.2 cm³/mol. The first-order chi connectivity index (χ1) is 7.17. The summed E-state index contributed by atoms with van der Waals surface area (Å²) >= 11 is 3.32. The summed E-state index contributed by atoms with van der Waals surface area (Å²) in [5, 5.41) is 11.5. The Bertz CT molecular complexity index is 381. The quantitative estimate of drug-likeness (QED) is 0.912. The fourth-order valence-electron chi connectivity index (χ4n) is 1.22. The predicted octanol–water partition coefficient (Wildman–Crippen LogP) is 2.19. The van der Waals surface area contributed by atoms with E-state index >= 15 is 0 Å². The number of hydrogen-bond acceptors (Lipinski definition) is 2. The van der Waals surface area contributed by atoms with Gasteiger partial charge in [0, 0.05) is 17.9 Å². The molecule has 0 aliphatic carbocycles. The summed E-state index contributed by atoms with van der Waals surface area (Å²) in [6, 6.07) is 9.55. The number of carbonyl (C=O) groups is 1. The van der Waals surface area contributed by atoms with Gasteiger partial charge in [0.1, 0.15) is 0 Å². The lowest BCUT2D eigenvalue weighted by Crippen LogP contribution is -2.19. The molecule has 0 aliphatic rings. The van der Waals surface area contributed by atoms with E-state index in [1.807, 2.05) is 24.3 Å². The van der Waals surface area contributed by atoms with Crippen LogP contribution in [0.15, 0.2) is 28.7 Å². The van der Waals surface area contributed by atoms with Crippen LogP contribution in [0.5, 0.6) is 0 Å². The lowest BCUT2D eigenvalue weighted by molar-refractivity contribution is -0.120. The molecule has 0 spiro atoms. The van der Waals surface area contributed by atoms with Gasteiger partial charge in [0.05, 0.1) is 12.0 Å². The zero-order valence-corrected chi connectivity index (χ0v) is 9.91. The average molecular weight is 267 g/mol. The van der Waals surface area contributed by atoms with Gasteiger partial charge >= 0.3 is 0 Å². The van der Waals surface area contributed by atoms with E-state index < -0.39 is 0 Å². The molecule has 1 unspecified atom stereocenters. The van der Waals surface area contributed by atoms with E-state index in [1.54, 1.807) is 7.05 Å². The lowest BCUT2D eigenvalue weighted by Gasteiger charge is -2.08. The van der Waals surface area contributed by atoms with Crippen molar-refractivity contribution in [2.45, 2.75) is 12.3 Å². The third-order valence-electron chi connectivity index (χ3n) is 2.10. The summed E-state index contributed by atoms with van der Waals surface area (Å²) in [6.45, 7) is 0. The Morgan fingerprint density at radius 1 is 1.53 bits per heavy atom. The first-order valence-corrected chi connectivity index (χ1v) is 5.32. The molecule has 4 heteroatoms. The molecule has 0 fully saturated rings. The number of nitrogens with zero attached hydrogens (tertiary/aromatic N) is 1. The van der Waals surface area contributed by atoms with Crippen molar-refractivity contribution in [3.05, 3.63) is 34.3 Å². The van der Waals surface area contributed by atoms with E-state index in [0.717, 1.165) is 10.0 Å². The molecule has 0 bridgehead atoms. The molecule has 78 valence electrons. The number of carbonyl (C=O) groups excluding carboxylic acids is 1. The van der Waals surface area contributed by atoms with Crippen LogP contribution in [0.3, 0.4) is 0 Å². The van der Waals surface area contributed by atoms with Crippen molar-refractivity contribution < 1.29 is 4.79 Å². The molecule has 0 aromatic heterocycles. The van der Waals surface area contributed by atoms with Crippen molar-refractivity contribution in [2.24, 2.45) is 0 Å². The topological polar surface area (TPSA) is 52.9 Å². The van der Waals surface area contributed by atoms with Crippen LogP contribution in [-0.4, -0.2) is 13.0 Å². The minimum Gasteiger partial charge on any atom is -0.359 e. The third kappa shape index (κ3) is 3.37. The highest BCUT2D eigenvalue weighted by molar-refractivity contribution is 9.10. The van der Waals surface area contributed by atoms with Gasteiger partial charge in [-0.25, -0.2) is 0 Å². The summed E-state index contributed by atoms with van der Waals surface area (Å²) < 4.78 is 0.961. The number of rotatable bonds is 3. The van der Waals surface area contributed by atoms with Crippen LogP contribution in [0, 0.1) is 11.3 Å². The second-order valence-corrected chi connectivity index (χ2v) is 4.03. The largest absolute Gasteiger partial charge is 0.359 e. The SMILES string of the molecule is CNC(=O)CC(C#N)c1ccc(Br)cc1. The Morgan fingerprint density at radius 3 is 2.60 bits per heavy atom. The van der Waals surface area contributed by atoms with Crippen molar-refractivity contribution >= 4 is 21.8 Å². The molecular formula is C11H11BrN2O. The van der Waals surface area contributed by atoms with Crippen LogP contribution >= 0.6 is 15.9 Å². The van der Waals surface area contributed by atoms with Crippen LogP contribution in [-0.2, 0) is 4.79 Å². The van der Waals surface area contributed by atoms with Crippen molar-refractivity contribution in [3.63, 3.8) is 0 Å². The molecule has 3 nitrogen and oxygen atoms in total. The second-order valence-electron chi connectivity index (χ2n) is 3.11. The Kier molecular flexibility index (Phi) is 4.32. The maximum atomic E-state index is 11.1. The molecule has 15 heavy (non-hydrogen) atoms. The maximum Gasteiger partial charge on any atom is 0.221 e. The number of benzene rings is 1. The smallest absolute Gasteiger partial charge is 0.221 e. The van der Waals surface area contributed by atoms with Gasteiger partial charge in [-0.3, -0.25) is 4.79 Å². The van der Waals surface area contributed by atoms with Gasteiger partial charge in [-0.05, 0) is 17.7 Å². The highest BCUT2D eigenvalue weighted by atomic mass is 79.9. The number of hydrogen-bond donors (Lipinski definition) is 1. The molecule has 0 aliphatic heterocycles. The maximum absolute atomic E-state index is 11.1. The van der Waals surface area contributed by atoms with E-state index in [0.29, 0.717) is 0 Å². The minimum atomic E-state index is -0.377. The first kappa shape index (κ1) is 11.7. The Labute approximate surface area is 97.2 Å². The third-order valence-corrected chi connectivity index (χ3v) is 2.63. The summed E-state index contributed by atoms with van der Waals surface area (Å²) in [5.41, 5.74) is 0.865. The molecule has 0 heterocycles. The van der Waals surface area contributed by atoms with Crippen LogP contribution in [0.1, 0.15) is 17.9 Å². The van der Waals surface area contributed by atoms with Gasteiger partial charge in [-0.15, -0.1) is 0 Å². The van der Waals surface area contributed by atoms with Gasteiger partial charge in [-0.1, -0.05) is 28.1 Å². The molecule has 1 N–H and O–H groups in total. The highest BCUT2D eigenvalue weighted by Gasteiger charge is 2.14. The number of halogens is 1. The molecule has 0 radical (unpaired) electrons. The van der Waals surface area contributed by atoms with Crippen LogP contribution in [0.4, 0.5) is 0 Å². The van der Waals surface area contributed by atoms with Crippen molar-refractivity contribution in [1.29, 1.82) is 5.26 Å². The van der Waals surface area contributed by atoms with E-state index in [-0.39, 0.29) is 18.2 Å². The minimum absolute atomic E-state index is 0.121. The monoisotopic (exact) mass is 266 g/mol. The zero-order valence-electron chi connectivity index (χ0n) is 8.33. The van der Waals surface area contributed by atoms with Crippen molar-refractivity contribution in [2.75, 3.05) is 7.05 Å². The number of amides is 1. The number of nitrogens with one attached hydrogen (secondary N) is 1. The lowest BCUT2D eigenvalue weighted by atomic mass is 9.97. The van der Waals surface area contributed by atoms with E-state index in [9.17, 15) is 4.79 Å². The second kappa shape index (κ2) is 5.52.